The Balaban J connectivity index is 1.54. The molecule has 304 valence electrons. The monoisotopic (exact) mass is 778 g/mol. The van der Waals surface area contributed by atoms with Gasteiger partial charge in [-0.2, -0.15) is 0 Å². The Hall–Kier alpha value is -3.15. The van der Waals surface area contributed by atoms with Gasteiger partial charge >= 0.3 is 0 Å². The molecule has 4 atom stereocenters. The standard InChI is InChI=1S/C44H66N2O8Si/c1-11-13-22-51-38-28(18-17-21-46-19-15-16-20-46)26-32(50-8)30-24-29-25-31-33(27(3)4)39-36(42(45-53-39)52-23-14-12-2)41(49)44(31,54-55(9,10)43(5,6)7)40(48)34(29)37(47)35(30)38/h26-27,29,31,33,47H,11-25H2,1-10H3/t29-,31-,33-,44-/m0/s1. The van der Waals surface area contributed by atoms with Crippen LogP contribution in [0.25, 0.3) is 5.76 Å². The average Bonchev–Trinajstić information content (AvgIpc) is 3.80. The highest BCUT2D eigenvalue weighted by Gasteiger charge is 2.68. The number of methoxy groups -OCH3 is 1. The summed E-state index contributed by atoms with van der Waals surface area (Å²) in [6.07, 6.45) is 8.56. The number of likely N-dealkylation sites (tertiary alicyclic amines) is 1. The maximum absolute atomic E-state index is 15.8. The molecule has 2 heterocycles. The van der Waals surface area contributed by atoms with Crippen molar-refractivity contribution < 1.29 is 37.9 Å². The number of Topliss-reactive ketones (excluding diaryl/α,β-unsaturated/α-hetero) is 2. The fraction of sp³-hybridized carbons (Fsp3) is 0.705. The molecular weight excluding hydrogens is 713 g/mol. The van der Waals surface area contributed by atoms with Gasteiger partial charge in [-0.3, -0.25) is 9.59 Å². The lowest BCUT2D eigenvalue weighted by Crippen LogP contribution is -2.67. The van der Waals surface area contributed by atoms with Crippen molar-refractivity contribution in [3.05, 3.63) is 39.7 Å². The minimum Gasteiger partial charge on any atom is -0.507 e. The van der Waals surface area contributed by atoms with Crippen LogP contribution >= 0.6 is 0 Å². The lowest BCUT2D eigenvalue weighted by Gasteiger charge is -2.55. The van der Waals surface area contributed by atoms with Gasteiger partial charge in [0, 0.05) is 23.0 Å². The Bertz CT molecular complexity index is 1770. The van der Waals surface area contributed by atoms with E-state index < -0.39 is 31.4 Å². The van der Waals surface area contributed by atoms with Gasteiger partial charge in [0.05, 0.1) is 25.9 Å². The molecule has 0 amide bonds. The molecule has 2 aromatic rings. The number of fused-ring (bicyclic) bond motifs is 4. The second-order valence-corrected chi connectivity index (χ2v) is 23.0. The molecule has 1 aromatic heterocycles. The number of rotatable bonds is 16. The summed E-state index contributed by atoms with van der Waals surface area (Å²) in [7, 11) is -1.16. The number of ether oxygens (including phenoxy) is 3. The normalized spacial score (nSPS) is 24.2. The van der Waals surface area contributed by atoms with Crippen LogP contribution in [0.5, 0.6) is 17.4 Å². The zero-order valence-electron chi connectivity index (χ0n) is 35.2. The smallest absolute Gasteiger partial charge is 0.265 e. The summed E-state index contributed by atoms with van der Waals surface area (Å²) in [5.74, 6) is -0.455. The first-order chi connectivity index (χ1) is 26.1. The number of aromatic nitrogens is 1. The second kappa shape index (κ2) is 16.4. The lowest BCUT2D eigenvalue weighted by atomic mass is 9.54. The van der Waals surface area contributed by atoms with E-state index in [-0.39, 0.29) is 45.6 Å². The fourth-order valence-electron chi connectivity index (χ4n) is 9.21. The molecule has 4 aliphatic rings. The summed E-state index contributed by atoms with van der Waals surface area (Å²) in [5, 5.41) is 16.7. The van der Waals surface area contributed by atoms with Crippen molar-refractivity contribution in [1.29, 1.82) is 0 Å². The molecule has 0 spiro atoms. The summed E-state index contributed by atoms with van der Waals surface area (Å²) in [5.41, 5.74) is 0.884. The average molecular weight is 779 g/mol. The minimum atomic E-state index is -2.83. The van der Waals surface area contributed by atoms with Crippen LogP contribution in [0, 0.1) is 17.8 Å². The Morgan fingerprint density at radius 2 is 1.69 bits per heavy atom. The number of carbonyl (C=O) groups is 2. The van der Waals surface area contributed by atoms with Crippen molar-refractivity contribution in [2.75, 3.05) is 40.0 Å². The first-order valence-electron chi connectivity index (χ1n) is 21.1. The molecule has 6 rings (SSSR count). The van der Waals surface area contributed by atoms with Gasteiger partial charge in [0.15, 0.2) is 19.7 Å². The molecule has 0 bridgehead atoms. The number of carbonyl (C=O) groups excluding carboxylic acids is 2. The van der Waals surface area contributed by atoms with E-state index in [9.17, 15) is 5.11 Å². The highest BCUT2D eigenvalue weighted by Crippen LogP contribution is 2.60. The number of benzene rings is 1. The summed E-state index contributed by atoms with van der Waals surface area (Å²) < 4.78 is 32.1. The van der Waals surface area contributed by atoms with E-state index in [0.29, 0.717) is 48.9 Å². The third-order valence-corrected chi connectivity index (χ3v) is 17.6. The lowest BCUT2D eigenvalue weighted by molar-refractivity contribution is -0.138. The van der Waals surface area contributed by atoms with Crippen LogP contribution in [-0.2, 0) is 22.1 Å². The topological polar surface area (TPSA) is 121 Å². The Labute approximate surface area is 329 Å². The van der Waals surface area contributed by atoms with Crippen LogP contribution in [0.2, 0.25) is 18.1 Å². The van der Waals surface area contributed by atoms with Gasteiger partial charge in [-0.05, 0) is 118 Å². The van der Waals surface area contributed by atoms with Gasteiger partial charge in [-0.25, -0.2) is 0 Å². The van der Waals surface area contributed by atoms with Crippen LogP contribution in [0.3, 0.4) is 0 Å². The molecule has 1 aromatic carbocycles. The van der Waals surface area contributed by atoms with Crippen LogP contribution in [0.1, 0.15) is 139 Å². The first-order valence-corrected chi connectivity index (χ1v) is 24.0. The summed E-state index contributed by atoms with van der Waals surface area (Å²) >= 11 is 0. The molecular formula is C44H66N2O8Si. The zero-order valence-corrected chi connectivity index (χ0v) is 36.2. The highest BCUT2D eigenvalue weighted by atomic mass is 28.4. The van der Waals surface area contributed by atoms with Crippen molar-refractivity contribution >= 4 is 25.6 Å². The molecule has 1 saturated heterocycles. The van der Waals surface area contributed by atoms with Gasteiger partial charge in [0.2, 0.25) is 11.6 Å². The van der Waals surface area contributed by atoms with E-state index >= 15 is 9.59 Å². The third-order valence-electron chi connectivity index (χ3n) is 13.2. The number of aliphatic hydroxyl groups excluding tert-OH is 1. The predicted octanol–water partition coefficient (Wildman–Crippen LogP) is 9.50. The maximum Gasteiger partial charge on any atom is 0.265 e. The first kappa shape index (κ1) is 41.5. The molecule has 11 heteroatoms. The Morgan fingerprint density at radius 1 is 1.02 bits per heavy atom. The number of unbranched alkanes of at least 4 members (excludes halogenated alkanes) is 2. The number of ketones is 2. The number of hydrogen-bond donors (Lipinski definition) is 1. The number of aryl methyl sites for hydroxylation is 1. The van der Waals surface area contributed by atoms with Crippen molar-refractivity contribution in [3.63, 3.8) is 0 Å². The maximum atomic E-state index is 15.8. The second-order valence-electron chi connectivity index (χ2n) is 18.2. The van der Waals surface area contributed by atoms with E-state index in [1.54, 1.807) is 7.11 Å². The van der Waals surface area contributed by atoms with Crippen LogP contribution in [0.15, 0.2) is 16.2 Å². The van der Waals surface area contributed by atoms with Crippen molar-refractivity contribution in [1.82, 2.24) is 10.1 Å². The van der Waals surface area contributed by atoms with Gasteiger partial charge in [-0.15, -0.1) is 0 Å². The van der Waals surface area contributed by atoms with Crippen LogP contribution < -0.4 is 14.2 Å². The molecule has 55 heavy (non-hydrogen) atoms. The minimum absolute atomic E-state index is 0.0188. The summed E-state index contributed by atoms with van der Waals surface area (Å²) in [6.45, 7) is 23.0. The van der Waals surface area contributed by atoms with Gasteiger partial charge in [0.1, 0.15) is 22.8 Å². The van der Waals surface area contributed by atoms with E-state index in [2.05, 4.69) is 77.7 Å². The number of hydrogen-bond acceptors (Lipinski definition) is 10. The molecule has 1 aliphatic heterocycles. The molecule has 10 nitrogen and oxygen atoms in total. The predicted molar refractivity (Wildman–Crippen MR) is 217 cm³/mol. The molecule has 2 fully saturated rings. The highest BCUT2D eigenvalue weighted by molar-refractivity contribution is 6.74. The van der Waals surface area contributed by atoms with Crippen molar-refractivity contribution in [2.45, 2.75) is 142 Å². The molecule has 1 N–H and O–H groups in total. The molecule has 1 saturated carbocycles. The SMILES string of the molecule is CCCCOc1noc2c1C(=O)[C@@]1(O[Si](C)(C)C(C)(C)C)C(=O)C3=C(O)c4c(c(OC)cc(CCCN5CCCC5)c4OCCCC)C[C@H]3C[C@H]1[C@@H]2C(C)C. The Kier molecular flexibility index (Phi) is 12.3. The summed E-state index contributed by atoms with van der Waals surface area (Å²) in [6, 6.07) is 2.08. The quantitative estimate of drug-likeness (QED) is 0.100. The Morgan fingerprint density at radius 3 is 2.31 bits per heavy atom. The molecule has 3 aliphatic carbocycles. The fourth-order valence-corrected chi connectivity index (χ4v) is 10.7. The van der Waals surface area contributed by atoms with Crippen LogP contribution in [-0.4, -0.2) is 80.6 Å². The zero-order chi connectivity index (χ0) is 39.9. The number of nitrogens with zero attached hydrogens (tertiary/aromatic N) is 2. The van der Waals surface area contributed by atoms with Crippen LogP contribution in [0.4, 0.5) is 0 Å². The van der Waals surface area contributed by atoms with Crippen molar-refractivity contribution in [3.8, 4) is 17.4 Å². The van der Waals surface area contributed by atoms with E-state index in [1.165, 1.54) is 12.8 Å². The van der Waals surface area contributed by atoms with E-state index in [0.717, 1.165) is 69.3 Å². The van der Waals surface area contributed by atoms with Crippen molar-refractivity contribution in [2.24, 2.45) is 17.8 Å². The van der Waals surface area contributed by atoms with E-state index in [4.69, 9.17) is 23.2 Å². The molecule has 0 radical (unpaired) electrons. The molecule has 0 unspecified atom stereocenters. The number of aliphatic hydroxyl groups is 1. The largest absolute Gasteiger partial charge is 0.507 e. The van der Waals surface area contributed by atoms with E-state index in [1.807, 2.05) is 0 Å². The third kappa shape index (κ3) is 7.42. The van der Waals surface area contributed by atoms with Gasteiger partial charge < -0.3 is 33.2 Å². The summed E-state index contributed by atoms with van der Waals surface area (Å²) in [4.78, 5) is 33.8. The van der Waals surface area contributed by atoms with Gasteiger partial charge in [0.25, 0.3) is 5.88 Å². The van der Waals surface area contributed by atoms with Gasteiger partial charge in [-0.1, -0.05) is 61.3 Å².